The lowest BCUT2D eigenvalue weighted by Gasteiger charge is -2.45. The minimum atomic E-state index is 0.667. The van der Waals surface area contributed by atoms with Crippen LogP contribution in [-0.4, -0.2) is 24.6 Å². The first-order valence-electron chi connectivity index (χ1n) is 9.22. The Labute approximate surface area is 145 Å². The quantitative estimate of drug-likeness (QED) is 0.812. The average Bonchev–Trinajstić information content (AvgIpc) is 2.62. The molecule has 1 aliphatic carbocycles. The molecule has 0 spiro atoms. The van der Waals surface area contributed by atoms with Gasteiger partial charge in [-0.1, -0.05) is 42.5 Å². The van der Waals surface area contributed by atoms with Crippen molar-refractivity contribution in [3.8, 4) is 5.75 Å². The van der Waals surface area contributed by atoms with Crippen LogP contribution in [0.5, 0.6) is 5.75 Å². The molecule has 0 unspecified atom stereocenters. The Hall–Kier alpha value is -1.80. The Bertz CT molecular complexity index is 709. The number of methoxy groups -OCH3 is 1. The first-order valence-corrected chi connectivity index (χ1v) is 9.22. The number of ether oxygens (including phenoxy) is 1. The van der Waals surface area contributed by atoms with Crippen LogP contribution in [-0.2, 0) is 13.0 Å². The van der Waals surface area contributed by atoms with Gasteiger partial charge in [-0.05, 0) is 67.3 Å². The monoisotopic (exact) mass is 321 g/mol. The van der Waals surface area contributed by atoms with Crippen LogP contribution in [0.4, 0.5) is 0 Å². The molecule has 2 aromatic carbocycles. The molecule has 2 aliphatic rings. The van der Waals surface area contributed by atoms with Gasteiger partial charge in [0.1, 0.15) is 5.75 Å². The van der Waals surface area contributed by atoms with Gasteiger partial charge in [-0.15, -0.1) is 0 Å². The fourth-order valence-electron chi connectivity index (χ4n) is 4.83. The van der Waals surface area contributed by atoms with Gasteiger partial charge in [0.15, 0.2) is 0 Å². The first-order chi connectivity index (χ1) is 11.8. The highest BCUT2D eigenvalue weighted by Crippen LogP contribution is 2.44. The third kappa shape index (κ3) is 2.73. The Balaban J connectivity index is 1.63. The molecule has 0 saturated carbocycles. The minimum absolute atomic E-state index is 0.667. The van der Waals surface area contributed by atoms with Crippen molar-refractivity contribution in [3.63, 3.8) is 0 Å². The van der Waals surface area contributed by atoms with E-state index in [1.165, 1.54) is 42.5 Å². The van der Waals surface area contributed by atoms with Gasteiger partial charge in [0.25, 0.3) is 0 Å². The van der Waals surface area contributed by atoms with Crippen LogP contribution in [0.1, 0.15) is 47.4 Å². The summed E-state index contributed by atoms with van der Waals surface area (Å²) in [6, 6.07) is 16.2. The summed E-state index contributed by atoms with van der Waals surface area (Å²) in [7, 11) is 1.82. The van der Waals surface area contributed by atoms with Crippen LogP contribution < -0.4 is 4.74 Å². The van der Waals surface area contributed by atoms with E-state index in [4.69, 9.17) is 4.74 Å². The number of likely N-dealkylation sites (tertiary alicyclic amines) is 1. The summed E-state index contributed by atoms with van der Waals surface area (Å²) in [5, 5.41) is 0. The molecule has 0 bridgehead atoms. The fraction of sp³-hybridized carbons (Fsp3) is 0.455. The summed E-state index contributed by atoms with van der Waals surface area (Å²) in [6.07, 6.45) is 5.01. The van der Waals surface area contributed by atoms with Crippen molar-refractivity contribution in [2.45, 2.75) is 51.1 Å². The van der Waals surface area contributed by atoms with Crippen LogP contribution in [0.2, 0.25) is 0 Å². The molecule has 24 heavy (non-hydrogen) atoms. The maximum absolute atomic E-state index is 5.73. The van der Waals surface area contributed by atoms with Crippen molar-refractivity contribution in [2.75, 3.05) is 13.7 Å². The van der Waals surface area contributed by atoms with E-state index in [0.29, 0.717) is 12.0 Å². The summed E-state index contributed by atoms with van der Waals surface area (Å²) in [4.78, 5) is 2.72. The van der Waals surface area contributed by atoms with Crippen LogP contribution in [0, 0.1) is 6.92 Å². The predicted molar refractivity (Wildman–Crippen MR) is 98.7 cm³/mol. The molecule has 1 heterocycles. The molecule has 0 amide bonds. The van der Waals surface area contributed by atoms with Crippen LogP contribution in [0.25, 0.3) is 0 Å². The van der Waals surface area contributed by atoms with Gasteiger partial charge in [0, 0.05) is 12.6 Å². The lowest BCUT2D eigenvalue weighted by molar-refractivity contribution is 0.104. The van der Waals surface area contributed by atoms with Crippen LogP contribution in [0.3, 0.4) is 0 Å². The molecule has 4 rings (SSSR count). The first kappa shape index (κ1) is 15.7. The zero-order valence-corrected chi connectivity index (χ0v) is 14.8. The minimum Gasteiger partial charge on any atom is -0.496 e. The second kappa shape index (κ2) is 6.60. The molecule has 126 valence electrons. The zero-order chi connectivity index (χ0) is 16.5. The zero-order valence-electron chi connectivity index (χ0n) is 14.8. The number of hydrogen-bond donors (Lipinski definition) is 0. The Morgan fingerprint density at radius 1 is 1.08 bits per heavy atom. The topological polar surface area (TPSA) is 12.5 Å². The van der Waals surface area contributed by atoms with E-state index < -0.39 is 0 Å². The van der Waals surface area contributed by atoms with Gasteiger partial charge in [0.2, 0.25) is 0 Å². The third-order valence-electron chi connectivity index (χ3n) is 5.91. The number of benzene rings is 2. The van der Waals surface area contributed by atoms with E-state index >= 15 is 0 Å². The summed E-state index contributed by atoms with van der Waals surface area (Å²) >= 11 is 0. The third-order valence-corrected chi connectivity index (χ3v) is 5.91. The van der Waals surface area contributed by atoms with Crippen molar-refractivity contribution in [1.29, 1.82) is 0 Å². The van der Waals surface area contributed by atoms with Gasteiger partial charge < -0.3 is 4.74 Å². The second-order valence-corrected chi connectivity index (χ2v) is 7.29. The van der Waals surface area contributed by atoms with Crippen molar-refractivity contribution in [3.05, 3.63) is 64.7 Å². The van der Waals surface area contributed by atoms with Crippen LogP contribution >= 0.6 is 0 Å². The van der Waals surface area contributed by atoms with Gasteiger partial charge in [-0.3, -0.25) is 4.90 Å². The highest BCUT2D eigenvalue weighted by atomic mass is 16.5. The van der Waals surface area contributed by atoms with Gasteiger partial charge in [-0.25, -0.2) is 0 Å². The summed E-state index contributed by atoms with van der Waals surface area (Å²) in [5.74, 6) is 1.80. The summed E-state index contributed by atoms with van der Waals surface area (Å²) < 4.78 is 5.73. The predicted octanol–water partition coefficient (Wildman–Crippen LogP) is 4.70. The highest BCUT2D eigenvalue weighted by molar-refractivity contribution is 5.49. The normalized spacial score (nSPS) is 23.4. The Kier molecular flexibility index (Phi) is 4.32. The lowest BCUT2D eigenvalue weighted by atomic mass is 9.73. The van der Waals surface area contributed by atoms with Crippen molar-refractivity contribution in [1.82, 2.24) is 4.90 Å². The number of nitrogens with zero attached hydrogens (tertiary/aromatic N) is 1. The van der Waals surface area contributed by atoms with Gasteiger partial charge in [-0.2, -0.15) is 0 Å². The Morgan fingerprint density at radius 3 is 2.71 bits per heavy atom. The molecule has 0 aromatic heterocycles. The van der Waals surface area contributed by atoms with E-state index in [2.05, 4.69) is 54.3 Å². The van der Waals surface area contributed by atoms with Crippen molar-refractivity contribution < 1.29 is 4.74 Å². The fourth-order valence-corrected chi connectivity index (χ4v) is 4.83. The number of piperidine rings is 1. The van der Waals surface area contributed by atoms with Gasteiger partial charge >= 0.3 is 0 Å². The molecule has 2 atom stereocenters. The maximum Gasteiger partial charge on any atom is 0.125 e. The second-order valence-electron chi connectivity index (χ2n) is 7.29. The summed E-state index contributed by atoms with van der Waals surface area (Å²) in [5.41, 5.74) is 5.73. The highest BCUT2D eigenvalue weighted by Gasteiger charge is 2.37. The number of aryl methyl sites for hydroxylation is 1. The Morgan fingerprint density at radius 2 is 1.92 bits per heavy atom. The maximum atomic E-state index is 5.73. The number of hydrogen-bond acceptors (Lipinski definition) is 2. The largest absolute Gasteiger partial charge is 0.496 e. The molecule has 2 aromatic rings. The molecule has 0 N–H and O–H groups in total. The van der Waals surface area contributed by atoms with E-state index in [-0.39, 0.29) is 0 Å². The van der Waals surface area contributed by atoms with E-state index in [1.807, 2.05) is 7.11 Å². The molecule has 0 radical (unpaired) electrons. The lowest BCUT2D eigenvalue weighted by Crippen LogP contribution is -2.45. The number of rotatable bonds is 3. The standard InChI is InChI=1S/C22H27NO/c1-16-10-11-18-19-9-6-14-23(15-17-7-4-3-5-8-17)21(19)13-12-20(18)22(16)24-2/h3-5,7-8,10-11,19,21H,6,9,12-15H2,1-2H3/t19-,21-/m1/s1. The summed E-state index contributed by atoms with van der Waals surface area (Å²) in [6.45, 7) is 4.47. The van der Waals surface area contributed by atoms with Crippen LogP contribution in [0.15, 0.2) is 42.5 Å². The number of fused-ring (bicyclic) bond motifs is 3. The van der Waals surface area contributed by atoms with E-state index in [0.717, 1.165) is 18.7 Å². The molecule has 2 heteroatoms. The molecular weight excluding hydrogens is 294 g/mol. The molecular formula is C22H27NO. The average molecular weight is 321 g/mol. The smallest absolute Gasteiger partial charge is 0.125 e. The van der Waals surface area contributed by atoms with Crippen molar-refractivity contribution in [2.24, 2.45) is 0 Å². The van der Waals surface area contributed by atoms with Crippen molar-refractivity contribution >= 4 is 0 Å². The molecule has 2 nitrogen and oxygen atoms in total. The van der Waals surface area contributed by atoms with Gasteiger partial charge in [0.05, 0.1) is 7.11 Å². The van der Waals surface area contributed by atoms with E-state index in [9.17, 15) is 0 Å². The molecule has 1 fully saturated rings. The molecule has 1 saturated heterocycles. The molecule has 1 aliphatic heterocycles. The SMILES string of the molecule is COc1c(C)ccc2c1CC[C@@H]1[C@@H]2CCCN1Cc1ccccc1. The van der Waals surface area contributed by atoms with E-state index in [1.54, 1.807) is 5.56 Å².